The molecule has 2 aromatic carbocycles. The smallest absolute Gasteiger partial charge is 0.321 e. The first-order valence-electron chi connectivity index (χ1n) is 12.2. The molecule has 0 bridgehead atoms. The largest absolute Gasteiger partial charge is 0.324 e. The van der Waals surface area contributed by atoms with Gasteiger partial charge in [0.05, 0.1) is 11.3 Å². The zero-order valence-corrected chi connectivity index (χ0v) is 20.1. The Morgan fingerprint density at radius 1 is 1.00 bits per heavy atom. The fourth-order valence-corrected chi connectivity index (χ4v) is 6.29. The summed E-state index contributed by atoms with van der Waals surface area (Å²) in [5.74, 6) is 0.00242. The number of anilines is 2. The van der Waals surface area contributed by atoms with E-state index in [4.69, 9.17) is 0 Å². The van der Waals surface area contributed by atoms with Gasteiger partial charge in [-0.05, 0) is 76.0 Å². The average molecular weight is 465 g/mol. The molecule has 33 heavy (non-hydrogen) atoms. The van der Waals surface area contributed by atoms with E-state index in [0.717, 1.165) is 52.7 Å². The molecule has 0 aromatic heterocycles. The lowest BCUT2D eigenvalue weighted by atomic mass is 10.00. The fraction of sp³-hybridized carbons (Fsp3) is 0.462. The summed E-state index contributed by atoms with van der Waals surface area (Å²) in [6.45, 7) is 6.56. The number of nitrogens with zero attached hydrogens (tertiary/aromatic N) is 3. The molecular formula is C26H32N4O2S. The van der Waals surface area contributed by atoms with Gasteiger partial charge < -0.3 is 20.0 Å². The van der Waals surface area contributed by atoms with Crippen LogP contribution in [-0.2, 0) is 0 Å². The van der Waals surface area contributed by atoms with Crippen molar-refractivity contribution in [2.24, 2.45) is 0 Å². The van der Waals surface area contributed by atoms with Crippen LogP contribution in [0.1, 0.15) is 49.4 Å². The third-order valence-electron chi connectivity index (χ3n) is 7.06. The topological polar surface area (TPSA) is 55.9 Å². The van der Waals surface area contributed by atoms with Crippen LogP contribution in [0.4, 0.5) is 16.2 Å². The maximum Gasteiger partial charge on any atom is 0.321 e. The van der Waals surface area contributed by atoms with Gasteiger partial charge in [0.2, 0.25) is 0 Å². The molecule has 3 amide bonds. The van der Waals surface area contributed by atoms with Gasteiger partial charge in [-0.2, -0.15) is 0 Å². The minimum Gasteiger partial charge on any atom is -0.324 e. The van der Waals surface area contributed by atoms with Crippen molar-refractivity contribution in [1.29, 1.82) is 0 Å². The van der Waals surface area contributed by atoms with E-state index >= 15 is 0 Å². The zero-order chi connectivity index (χ0) is 22.8. The quantitative estimate of drug-likeness (QED) is 0.670. The van der Waals surface area contributed by atoms with Gasteiger partial charge in [-0.25, -0.2) is 4.79 Å². The predicted molar refractivity (Wildman–Crippen MR) is 133 cm³/mol. The van der Waals surface area contributed by atoms with E-state index in [-0.39, 0.29) is 11.9 Å². The average Bonchev–Trinajstić information content (AvgIpc) is 2.98. The first kappa shape index (κ1) is 22.3. The van der Waals surface area contributed by atoms with Gasteiger partial charge in [-0.15, -0.1) is 0 Å². The molecule has 3 aliphatic rings. The van der Waals surface area contributed by atoms with Gasteiger partial charge in [0.15, 0.2) is 0 Å². The number of fused-ring (bicyclic) bond motifs is 2. The van der Waals surface area contributed by atoms with Gasteiger partial charge in [-0.3, -0.25) is 4.79 Å². The van der Waals surface area contributed by atoms with Crippen LogP contribution in [0.3, 0.4) is 0 Å². The summed E-state index contributed by atoms with van der Waals surface area (Å²) in [4.78, 5) is 34.5. The van der Waals surface area contributed by atoms with E-state index in [2.05, 4.69) is 10.2 Å². The van der Waals surface area contributed by atoms with Crippen LogP contribution >= 0.6 is 11.8 Å². The highest BCUT2D eigenvalue weighted by molar-refractivity contribution is 7.99. The van der Waals surface area contributed by atoms with Crippen LogP contribution in [0.25, 0.3) is 0 Å². The van der Waals surface area contributed by atoms with Crippen molar-refractivity contribution in [3.63, 3.8) is 0 Å². The van der Waals surface area contributed by atoms with E-state index in [0.29, 0.717) is 12.6 Å². The first-order chi connectivity index (χ1) is 16.1. The third kappa shape index (κ3) is 4.62. The van der Waals surface area contributed by atoms with Crippen LogP contribution in [0.2, 0.25) is 0 Å². The summed E-state index contributed by atoms with van der Waals surface area (Å²) < 4.78 is 0. The second kappa shape index (κ2) is 9.77. The number of carbonyl (C=O) groups is 2. The molecule has 2 fully saturated rings. The molecule has 0 radical (unpaired) electrons. The number of likely N-dealkylation sites (tertiary alicyclic amines) is 2. The summed E-state index contributed by atoms with van der Waals surface area (Å²) in [5.41, 5.74) is 2.31. The molecule has 1 N–H and O–H groups in total. The molecule has 0 spiro atoms. The van der Waals surface area contributed by atoms with Crippen LogP contribution < -0.4 is 10.2 Å². The summed E-state index contributed by atoms with van der Waals surface area (Å²) in [6.07, 6.45) is 6.05. The summed E-state index contributed by atoms with van der Waals surface area (Å²) in [7, 11) is 0. The number of hydrogen-bond acceptors (Lipinski definition) is 4. The number of urea groups is 1. The van der Waals surface area contributed by atoms with Crippen LogP contribution in [0.5, 0.6) is 0 Å². The van der Waals surface area contributed by atoms with Crippen molar-refractivity contribution in [2.75, 3.05) is 42.9 Å². The molecule has 5 rings (SSSR count). The normalized spacial score (nSPS) is 19.6. The molecule has 0 unspecified atom stereocenters. The van der Waals surface area contributed by atoms with Crippen LogP contribution in [0, 0.1) is 0 Å². The number of benzene rings is 2. The molecule has 3 heterocycles. The van der Waals surface area contributed by atoms with E-state index < -0.39 is 0 Å². The molecule has 7 heteroatoms. The van der Waals surface area contributed by atoms with Crippen molar-refractivity contribution in [2.45, 2.75) is 54.9 Å². The van der Waals surface area contributed by atoms with Crippen molar-refractivity contribution in [3.05, 3.63) is 48.0 Å². The van der Waals surface area contributed by atoms with E-state index in [1.165, 1.54) is 32.4 Å². The molecule has 0 aliphatic carbocycles. The third-order valence-corrected chi connectivity index (χ3v) is 8.20. The summed E-state index contributed by atoms with van der Waals surface area (Å²) >= 11 is 1.61. The van der Waals surface area contributed by atoms with Crippen LogP contribution in [0.15, 0.2) is 52.3 Å². The molecule has 2 aromatic rings. The van der Waals surface area contributed by atoms with Crippen LogP contribution in [-0.4, -0.2) is 60.5 Å². The van der Waals surface area contributed by atoms with Gasteiger partial charge in [0.25, 0.3) is 5.91 Å². The Morgan fingerprint density at radius 3 is 2.52 bits per heavy atom. The Balaban J connectivity index is 1.27. The number of carbonyl (C=O) groups excluding carboxylic acids is 2. The first-order valence-corrected chi connectivity index (χ1v) is 13.0. The summed E-state index contributed by atoms with van der Waals surface area (Å²) in [5, 5.41) is 3.08. The van der Waals surface area contributed by atoms with Gasteiger partial charge >= 0.3 is 6.03 Å². The van der Waals surface area contributed by atoms with Gasteiger partial charge in [-0.1, -0.05) is 30.3 Å². The molecule has 6 nitrogen and oxygen atoms in total. The minimum absolute atomic E-state index is 0.00242. The van der Waals surface area contributed by atoms with Gasteiger partial charge in [0, 0.05) is 41.2 Å². The number of nitrogens with one attached hydrogen (secondary N) is 1. The highest BCUT2D eigenvalue weighted by Gasteiger charge is 2.29. The number of amides is 3. The van der Waals surface area contributed by atoms with E-state index in [1.807, 2.05) is 54.3 Å². The Bertz CT molecular complexity index is 1030. The number of rotatable bonds is 3. The Morgan fingerprint density at radius 2 is 1.76 bits per heavy atom. The zero-order valence-electron chi connectivity index (χ0n) is 19.3. The molecule has 0 atom stereocenters. The van der Waals surface area contributed by atoms with E-state index in [9.17, 15) is 9.59 Å². The maximum atomic E-state index is 13.2. The lowest BCUT2D eigenvalue weighted by Gasteiger charge is -2.40. The molecular weight excluding hydrogens is 432 g/mol. The molecule has 2 saturated heterocycles. The number of piperidine rings is 2. The SMILES string of the molecule is CCN1C(=O)c2ccccc2Sc2ccc(NC(=O)N3CCC(N4CCCCC4)CC3)cc21. The van der Waals surface area contributed by atoms with Crippen molar-refractivity contribution in [3.8, 4) is 0 Å². The Hall–Kier alpha value is -2.51. The lowest BCUT2D eigenvalue weighted by Crippen LogP contribution is -2.49. The second-order valence-electron chi connectivity index (χ2n) is 9.08. The Labute approximate surface area is 200 Å². The highest BCUT2D eigenvalue weighted by atomic mass is 32.2. The molecule has 174 valence electrons. The van der Waals surface area contributed by atoms with Crippen molar-refractivity contribution >= 4 is 35.1 Å². The standard InChI is InChI=1S/C26H32N4O2S/c1-2-30-22-18-19(10-11-24(22)33-23-9-5-4-8-21(23)25(30)31)27-26(32)29-16-12-20(13-17-29)28-14-6-3-7-15-28/h4-5,8-11,18,20H,2-3,6-7,12-17H2,1H3,(H,27,32). The minimum atomic E-state index is -0.0500. The molecule has 0 saturated carbocycles. The highest BCUT2D eigenvalue weighted by Crippen LogP contribution is 2.42. The molecule has 3 aliphatic heterocycles. The fourth-order valence-electron chi connectivity index (χ4n) is 5.23. The second-order valence-corrected chi connectivity index (χ2v) is 10.2. The predicted octanol–water partition coefficient (Wildman–Crippen LogP) is 5.30. The Kier molecular flexibility index (Phi) is 6.60. The van der Waals surface area contributed by atoms with Crippen molar-refractivity contribution in [1.82, 2.24) is 9.80 Å². The van der Waals surface area contributed by atoms with Crippen molar-refractivity contribution < 1.29 is 9.59 Å². The van der Waals surface area contributed by atoms with E-state index in [1.54, 1.807) is 16.7 Å². The monoisotopic (exact) mass is 464 g/mol. The lowest BCUT2D eigenvalue weighted by molar-refractivity contribution is 0.0985. The number of hydrogen-bond donors (Lipinski definition) is 1. The summed E-state index contributed by atoms with van der Waals surface area (Å²) in [6, 6.07) is 14.2. The maximum absolute atomic E-state index is 13.2. The van der Waals surface area contributed by atoms with Gasteiger partial charge in [0.1, 0.15) is 0 Å².